The normalized spacial score (nSPS) is 15.0. The molecule has 0 fully saturated rings. The highest BCUT2D eigenvalue weighted by Gasteiger charge is 2.36. The van der Waals surface area contributed by atoms with Gasteiger partial charge in [0, 0.05) is 16.8 Å². The van der Waals surface area contributed by atoms with Crippen molar-refractivity contribution in [3.05, 3.63) is 89.8 Å². The summed E-state index contributed by atoms with van der Waals surface area (Å²) in [6.45, 7) is 1.92. The molecule has 1 atom stereocenters. The number of methoxy groups -OCH3 is 1. The molecule has 4 rings (SSSR count). The van der Waals surface area contributed by atoms with Crippen molar-refractivity contribution in [2.45, 2.75) is 20.3 Å². The van der Waals surface area contributed by atoms with Crippen molar-refractivity contribution >= 4 is 58.0 Å². The first-order valence-corrected chi connectivity index (χ1v) is 11.5. The molecule has 36 heavy (non-hydrogen) atoms. The number of halogens is 1. The lowest BCUT2D eigenvalue weighted by atomic mass is 9.83. The monoisotopic (exact) mass is 522 g/mol. The van der Waals surface area contributed by atoms with Crippen LogP contribution >= 0.6 is 22.9 Å². The van der Waals surface area contributed by atoms with Gasteiger partial charge in [0.25, 0.3) is 11.5 Å². The first kappa shape index (κ1) is 26.5. The Kier molecular flexibility index (Phi) is 7.83. The average molecular weight is 523 g/mol. The van der Waals surface area contributed by atoms with Crippen molar-refractivity contribution in [3.8, 4) is 6.07 Å². The molecule has 0 saturated heterocycles. The van der Waals surface area contributed by atoms with Gasteiger partial charge in [0.2, 0.25) is 0 Å². The minimum atomic E-state index is -0.942. The number of anilines is 1. The van der Waals surface area contributed by atoms with E-state index in [1.165, 1.54) is 7.11 Å². The minimum Gasteiger partial charge on any atom is -0.466 e. The van der Waals surface area contributed by atoms with Crippen molar-refractivity contribution in [3.63, 3.8) is 0 Å². The summed E-state index contributed by atoms with van der Waals surface area (Å²) in [5, 5.41) is 13.2. The Morgan fingerprint density at radius 3 is 2.50 bits per heavy atom. The fourth-order valence-corrected chi connectivity index (χ4v) is 5.17. The number of allylic oxidation sites excluding steroid dienone is 1. The van der Waals surface area contributed by atoms with Gasteiger partial charge in [-0.25, -0.2) is 4.79 Å². The summed E-state index contributed by atoms with van der Waals surface area (Å²) >= 11 is 7.38. The first-order valence-electron chi connectivity index (χ1n) is 10.3. The molecule has 10 heteroatoms. The number of carbonyl (C=O) groups is 2. The fourth-order valence-electron chi connectivity index (χ4n) is 3.79. The number of nitrogens with two attached hydrogens (primary N) is 1. The van der Waals surface area contributed by atoms with E-state index in [9.17, 15) is 19.6 Å². The van der Waals surface area contributed by atoms with Gasteiger partial charge in [0.1, 0.15) is 15.0 Å². The summed E-state index contributed by atoms with van der Waals surface area (Å²) in [6, 6.07) is 16.0. The molecule has 3 aromatic rings. The maximum absolute atomic E-state index is 13.7. The van der Waals surface area contributed by atoms with Gasteiger partial charge >= 0.3 is 5.97 Å². The molecule has 3 N–H and O–H groups in total. The molecule has 1 aliphatic heterocycles. The number of fused-ring (bicyclic) bond motifs is 1. The molecule has 0 spiro atoms. The maximum Gasteiger partial charge on any atom is 0.332 e. The van der Waals surface area contributed by atoms with Crippen LogP contribution in [0.1, 0.15) is 24.5 Å². The van der Waals surface area contributed by atoms with Crippen molar-refractivity contribution in [2.75, 3.05) is 12.4 Å². The van der Waals surface area contributed by atoms with Crippen LogP contribution in [0.4, 0.5) is 5.69 Å². The molecule has 0 aliphatic carbocycles. The molecule has 1 unspecified atom stereocenters. The molecule has 2 heterocycles. The van der Waals surface area contributed by atoms with Crippen molar-refractivity contribution in [2.24, 2.45) is 5.73 Å². The number of hydrogen-bond donors (Lipinski definition) is 2. The summed E-state index contributed by atoms with van der Waals surface area (Å²) < 4.78 is 5.92. The number of carbonyl (C=O) groups excluding carboxylic acids is 2. The number of ether oxygens (including phenoxy) is 1. The lowest BCUT2D eigenvalue weighted by Crippen LogP contribution is -2.41. The molecule has 184 valence electrons. The molecular formula is C26H23ClN4O4S. The minimum absolute atomic E-state index is 0. The molecule has 8 nitrogen and oxygen atoms in total. The second-order valence-corrected chi connectivity index (χ2v) is 9.12. The van der Waals surface area contributed by atoms with E-state index in [4.69, 9.17) is 17.3 Å². The number of thiazole rings is 1. The molecule has 0 saturated carbocycles. The van der Waals surface area contributed by atoms with Crippen LogP contribution in [0.5, 0.6) is 0 Å². The van der Waals surface area contributed by atoms with E-state index in [0.29, 0.717) is 16.3 Å². The highest BCUT2D eigenvalue weighted by atomic mass is 35.5. The van der Waals surface area contributed by atoms with E-state index in [1.54, 1.807) is 36.4 Å². The van der Waals surface area contributed by atoms with E-state index < -0.39 is 23.4 Å². The Hall–Kier alpha value is -4.13. The molecule has 1 amide bonds. The van der Waals surface area contributed by atoms with Crippen LogP contribution in [0.2, 0.25) is 5.02 Å². The summed E-state index contributed by atoms with van der Waals surface area (Å²) in [5.74, 6) is -2.36. The van der Waals surface area contributed by atoms with Crippen LogP contribution < -0.4 is 25.8 Å². The highest BCUT2D eigenvalue weighted by Crippen LogP contribution is 2.39. The van der Waals surface area contributed by atoms with E-state index in [0.717, 1.165) is 27.5 Å². The predicted octanol–water partition coefficient (Wildman–Crippen LogP) is 2.70. The third kappa shape index (κ3) is 4.69. The Morgan fingerprint density at radius 1 is 1.22 bits per heavy atom. The number of benzene rings is 2. The third-order valence-electron chi connectivity index (χ3n) is 5.49. The molecule has 1 aromatic heterocycles. The SMILES string of the molecule is C.COC(=O)/C=c1\sc2n(c1=O)C(N)=C(C#N)C(c1ccccc1Cl)C=2C(=O)Nc1ccc(C)cc1. The summed E-state index contributed by atoms with van der Waals surface area (Å²) in [7, 11) is 1.19. The molecule has 0 bridgehead atoms. The Balaban J connectivity index is 0.00000361. The zero-order valence-corrected chi connectivity index (χ0v) is 20.2. The first-order chi connectivity index (χ1) is 16.8. The zero-order valence-electron chi connectivity index (χ0n) is 18.7. The second-order valence-electron chi connectivity index (χ2n) is 7.68. The van der Waals surface area contributed by atoms with Crippen LogP contribution in [0.25, 0.3) is 17.5 Å². The van der Waals surface area contributed by atoms with Crippen molar-refractivity contribution in [1.82, 2.24) is 4.57 Å². The standard InChI is InChI=1S/C25H19ClN4O4S.CH4/c1-13-7-9-14(10-8-13)29-23(32)21-20(15-5-3-4-6-17(15)26)16(12-27)22(28)30-24(33)18(35-25(21)30)11-19(31)34-2;/h3-11,20H,28H2,1-2H3,(H,29,32);1H4/b18-11-;. The molecule has 2 aromatic carbocycles. The van der Waals surface area contributed by atoms with Crippen LogP contribution in [0, 0.1) is 18.3 Å². The quantitative estimate of drug-likeness (QED) is 0.507. The smallest absolute Gasteiger partial charge is 0.332 e. The Labute approximate surface area is 216 Å². The van der Waals surface area contributed by atoms with Gasteiger partial charge in [0.15, 0.2) is 0 Å². The lowest BCUT2D eigenvalue weighted by molar-refractivity contribution is -0.133. The van der Waals surface area contributed by atoms with Gasteiger partial charge in [-0.2, -0.15) is 5.26 Å². The number of hydrogen-bond acceptors (Lipinski definition) is 7. The number of nitriles is 1. The molecule has 0 radical (unpaired) electrons. The average Bonchev–Trinajstić information content (AvgIpc) is 3.16. The van der Waals surface area contributed by atoms with Gasteiger partial charge in [-0.05, 0) is 30.7 Å². The van der Waals surface area contributed by atoms with Crippen LogP contribution in [0.15, 0.2) is 58.9 Å². The maximum atomic E-state index is 13.7. The van der Waals surface area contributed by atoms with Gasteiger partial charge < -0.3 is 15.8 Å². The molecular weight excluding hydrogens is 500 g/mol. The van der Waals surface area contributed by atoms with E-state index in [-0.39, 0.29) is 33.6 Å². The number of rotatable bonds is 4. The Bertz CT molecular complexity index is 1610. The number of nitrogens with zero attached hydrogens (tertiary/aromatic N) is 2. The lowest BCUT2D eigenvalue weighted by Gasteiger charge is -2.26. The van der Waals surface area contributed by atoms with Crippen molar-refractivity contribution < 1.29 is 14.3 Å². The van der Waals surface area contributed by atoms with Crippen LogP contribution in [-0.2, 0) is 14.3 Å². The molecule has 1 aliphatic rings. The Morgan fingerprint density at radius 2 is 1.89 bits per heavy atom. The van der Waals surface area contributed by atoms with Crippen LogP contribution in [0.3, 0.4) is 0 Å². The number of amides is 1. The fraction of sp³-hybridized carbons (Fsp3) is 0.154. The van der Waals surface area contributed by atoms with Gasteiger partial charge in [0.05, 0.1) is 30.2 Å². The zero-order chi connectivity index (χ0) is 25.3. The number of nitrogens with one attached hydrogen (secondary N) is 1. The van der Waals surface area contributed by atoms with E-state index in [2.05, 4.69) is 16.1 Å². The highest BCUT2D eigenvalue weighted by molar-refractivity contribution is 7.07. The van der Waals surface area contributed by atoms with Crippen LogP contribution in [-0.4, -0.2) is 23.6 Å². The van der Waals surface area contributed by atoms with E-state index in [1.807, 2.05) is 19.1 Å². The summed E-state index contributed by atoms with van der Waals surface area (Å²) in [6.07, 6.45) is 1.03. The van der Waals surface area contributed by atoms with Crippen molar-refractivity contribution in [1.29, 1.82) is 5.26 Å². The third-order valence-corrected chi connectivity index (χ3v) is 6.94. The van der Waals surface area contributed by atoms with Gasteiger partial charge in [-0.1, -0.05) is 54.9 Å². The second kappa shape index (κ2) is 10.6. The summed E-state index contributed by atoms with van der Waals surface area (Å²) in [4.78, 5) is 38.7. The predicted molar refractivity (Wildman–Crippen MR) is 141 cm³/mol. The summed E-state index contributed by atoms with van der Waals surface area (Å²) in [5.41, 5.74) is 7.77. The number of aryl methyl sites for hydroxylation is 1. The number of esters is 1. The largest absolute Gasteiger partial charge is 0.466 e. The number of aromatic nitrogens is 1. The van der Waals surface area contributed by atoms with Gasteiger partial charge in [-0.15, -0.1) is 11.3 Å². The van der Waals surface area contributed by atoms with Gasteiger partial charge in [-0.3, -0.25) is 14.2 Å². The van der Waals surface area contributed by atoms with E-state index >= 15 is 0 Å². The topological polar surface area (TPSA) is 127 Å².